The molecule has 3 aromatic rings. The summed E-state index contributed by atoms with van der Waals surface area (Å²) in [6, 6.07) is 7.56. The maximum Gasteiger partial charge on any atom is 0.338 e. The minimum Gasteiger partial charge on any atom is -0.462 e. The number of carbonyl (C=O) groups is 1. The van der Waals surface area contributed by atoms with Crippen molar-refractivity contribution in [3.05, 3.63) is 46.9 Å². The molecular formula is C20H22ClN3O3. The molecule has 4 rings (SSSR count). The fourth-order valence-corrected chi connectivity index (χ4v) is 3.95. The van der Waals surface area contributed by atoms with Crippen LogP contribution in [0, 0.1) is 6.92 Å². The molecule has 0 aliphatic carbocycles. The molecule has 1 saturated heterocycles. The number of fused-ring (bicyclic) bond motifs is 1. The molecule has 0 radical (unpaired) electrons. The molecule has 1 aliphatic rings. The van der Waals surface area contributed by atoms with Crippen molar-refractivity contribution in [1.29, 1.82) is 0 Å². The van der Waals surface area contributed by atoms with Crippen LogP contribution in [0.25, 0.3) is 16.8 Å². The molecule has 142 valence electrons. The zero-order valence-electron chi connectivity index (χ0n) is 15.4. The van der Waals surface area contributed by atoms with Gasteiger partial charge in [0.15, 0.2) is 6.23 Å². The van der Waals surface area contributed by atoms with E-state index in [-0.39, 0.29) is 6.23 Å². The molecule has 0 aromatic carbocycles. The lowest BCUT2D eigenvalue weighted by Crippen LogP contribution is -2.21. The number of hydrogen-bond donors (Lipinski definition) is 0. The quantitative estimate of drug-likeness (QED) is 0.483. The van der Waals surface area contributed by atoms with Gasteiger partial charge in [0.1, 0.15) is 5.15 Å². The topological polar surface area (TPSA) is 57.8 Å². The SMILES string of the molecule is CCOC(=O)c1cc2cccn2c(Cl)c1-c1cc(C)nn1C1CCCCO1. The third kappa shape index (κ3) is 3.24. The third-order valence-corrected chi connectivity index (χ3v) is 5.17. The number of esters is 1. The Morgan fingerprint density at radius 1 is 1.41 bits per heavy atom. The molecule has 0 bridgehead atoms. The van der Waals surface area contributed by atoms with Gasteiger partial charge >= 0.3 is 5.97 Å². The van der Waals surface area contributed by atoms with Crippen molar-refractivity contribution in [1.82, 2.24) is 14.2 Å². The second-order valence-corrected chi connectivity index (χ2v) is 7.04. The van der Waals surface area contributed by atoms with Crippen LogP contribution in [0.5, 0.6) is 0 Å². The van der Waals surface area contributed by atoms with E-state index in [2.05, 4.69) is 5.10 Å². The summed E-state index contributed by atoms with van der Waals surface area (Å²) in [6.07, 6.45) is 4.73. The van der Waals surface area contributed by atoms with E-state index in [1.807, 2.05) is 46.5 Å². The van der Waals surface area contributed by atoms with E-state index in [0.29, 0.717) is 29.5 Å². The Bertz CT molecular complexity index is 986. The minimum atomic E-state index is -0.395. The largest absolute Gasteiger partial charge is 0.462 e. The van der Waals surface area contributed by atoms with Crippen LogP contribution < -0.4 is 0 Å². The summed E-state index contributed by atoms with van der Waals surface area (Å²) in [6.45, 7) is 4.72. The Balaban J connectivity index is 1.94. The van der Waals surface area contributed by atoms with E-state index in [1.54, 1.807) is 6.92 Å². The molecule has 3 aromatic heterocycles. The predicted molar refractivity (Wildman–Crippen MR) is 103 cm³/mol. The van der Waals surface area contributed by atoms with Gasteiger partial charge in [0.25, 0.3) is 0 Å². The van der Waals surface area contributed by atoms with Crippen molar-refractivity contribution in [2.24, 2.45) is 0 Å². The number of aromatic nitrogens is 3. The molecule has 0 saturated carbocycles. The zero-order chi connectivity index (χ0) is 19.0. The van der Waals surface area contributed by atoms with Gasteiger partial charge in [-0.25, -0.2) is 9.48 Å². The first kappa shape index (κ1) is 18.1. The van der Waals surface area contributed by atoms with E-state index < -0.39 is 5.97 Å². The van der Waals surface area contributed by atoms with Gasteiger partial charge in [-0.3, -0.25) is 0 Å². The van der Waals surface area contributed by atoms with E-state index >= 15 is 0 Å². The first-order chi connectivity index (χ1) is 13.1. The monoisotopic (exact) mass is 387 g/mol. The molecule has 1 aliphatic heterocycles. The van der Waals surface area contributed by atoms with Gasteiger partial charge in [-0.05, 0) is 57.4 Å². The van der Waals surface area contributed by atoms with Gasteiger partial charge in [-0.15, -0.1) is 0 Å². The Morgan fingerprint density at radius 2 is 2.26 bits per heavy atom. The molecule has 6 nitrogen and oxygen atoms in total. The standard InChI is InChI=1S/C20H22ClN3O3/c1-3-26-20(25)15-12-14-7-6-9-23(14)19(21)18(15)16-11-13(2)22-24(16)17-8-4-5-10-27-17/h6-7,9,11-12,17H,3-5,8,10H2,1-2H3. The molecular weight excluding hydrogens is 366 g/mol. The number of pyridine rings is 1. The average molecular weight is 388 g/mol. The van der Waals surface area contributed by atoms with Crippen LogP contribution in [0.4, 0.5) is 0 Å². The molecule has 27 heavy (non-hydrogen) atoms. The van der Waals surface area contributed by atoms with Gasteiger partial charge in [-0.2, -0.15) is 5.10 Å². The fraction of sp³-hybridized carbons (Fsp3) is 0.400. The number of halogens is 1. The number of nitrogens with zero attached hydrogens (tertiary/aromatic N) is 3. The molecule has 1 fully saturated rings. The second-order valence-electron chi connectivity index (χ2n) is 6.68. The minimum absolute atomic E-state index is 0.158. The van der Waals surface area contributed by atoms with Crippen LogP contribution in [0.15, 0.2) is 30.5 Å². The van der Waals surface area contributed by atoms with E-state index in [4.69, 9.17) is 21.1 Å². The Kier molecular flexibility index (Phi) is 4.93. The summed E-state index contributed by atoms with van der Waals surface area (Å²) in [5.74, 6) is -0.395. The summed E-state index contributed by atoms with van der Waals surface area (Å²) < 4.78 is 14.9. The van der Waals surface area contributed by atoms with Crippen molar-refractivity contribution >= 4 is 23.1 Å². The lowest BCUT2D eigenvalue weighted by atomic mass is 10.1. The summed E-state index contributed by atoms with van der Waals surface area (Å²) in [5, 5.41) is 5.09. The highest BCUT2D eigenvalue weighted by atomic mass is 35.5. The van der Waals surface area contributed by atoms with E-state index in [1.165, 1.54) is 0 Å². The Labute approximate surface area is 162 Å². The number of ether oxygens (including phenoxy) is 2. The van der Waals surface area contributed by atoms with Crippen molar-refractivity contribution in [3.63, 3.8) is 0 Å². The summed E-state index contributed by atoms with van der Waals surface area (Å²) in [5.41, 5.74) is 3.50. The van der Waals surface area contributed by atoms with Gasteiger partial charge in [0.05, 0.1) is 29.1 Å². The molecule has 1 unspecified atom stereocenters. The highest BCUT2D eigenvalue weighted by molar-refractivity contribution is 6.33. The zero-order valence-corrected chi connectivity index (χ0v) is 16.2. The maximum atomic E-state index is 12.7. The smallest absolute Gasteiger partial charge is 0.338 e. The highest BCUT2D eigenvalue weighted by Crippen LogP contribution is 2.37. The van der Waals surface area contributed by atoms with Crippen molar-refractivity contribution in [2.45, 2.75) is 39.3 Å². The molecule has 7 heteroatoms. The molecule has 0 N–H and O–H groups in total. The van der Waals surface area contributed by atoms with Crippen LogP contribution in [-0.2, 0) is 9.47 Å². The average Bonchev–Trinajstić information content (AvgIpc) is 3.29. The summed E-state index contributed by atoms with van der Waals surface area (Å²) in [4.78, 5) is 12.7. The van der Waals surface area contributed by atoms with Crippen LogP contribution in [0.3, 0.4) is 0 Å². The van der Waals surface area contributed by atoms with Gasteiger partial charge in [0, 0.05) is 18.3 Å². The van der Waals surface area contributed by atoms with Crippen LogP contribution in [0.2, 0.25) is 5.15 Å². The van der Waals surface area contributed by atoms with Crippen LogP contribution in [-0.4, -0.2) is 33.4 Å². The number of rotatable bonds is 4. The number of hydrogen-bond acceptors (Lipinski definition) is 4. The van der Waals surface area contributed by atoms with Crippen LogP contribution in [0.1, 0.15) is 48.5 Å². The molecule has 4 heterocycles. The molecule has 0 amide bonds. The lowest BCUT2D eigenvalue weighted by Gasteiger charge is -2.25. The van der Waals surface area contributed by atoms with E-state index in [9.17, 15) is 4.79 Å². The van der Waals surface area contributed by atoms with Gasteiger partial charge in [0.2, 0.25) is 0 Å². The maximum absolute atomic E-state index is 12.7. The lowest BCUT2D eigenvalue weighted by molar-refractivity contribution is -0.0385. The number of aryl methyl sites for hydroxylation is 1. The third-order valence-electron chi connectivity index (χ3n) is 4.80. The predicted octanol–water partition coefficient (Wildman–Crippen LogP) is 4.64. The van der Waals surface area contributed by atoms with Gasteiger partial charge in [-0.1, -0.05) is 11.6 Å². The molecule has 1 atom stereocenters. The summed E-state index contributed by atoms with van der Waals surface area (Å²) in [7, 11) is 0. The summed E-state index contributed by atoms with van der Waals surface area (Å²) >= 11 is 6.76. The second kappa shape index (κ2) is 7.37. The van der Waals surface area contributed by atoms with Crippen molar-refractivity contribution in [2.75, 3.05) is 13.2 Å². The first-order valence-electron chi connectivity index (χ1n) is 9.25. The van der Waals surface area contributed by atoms with Crippen molar-refractivity contribution < 1.29 is 14.3 Å². The van der Waals surface area contributed by atoms with Crippen LogP contribution >= 0.6 is 11.6 Å². The Morgan fingerprint density at radius 3 is 3.00 bits per heavy atom. The van der Waals surface area contributed by atoms with Gasteiger partial charge < -0.3 is 13.9 Å². The Hall–Kier alpha value is -2.31. The molecule has 0 spiro atoms. The first-order valence-corrected chi connectivity index (χ1v) is 9.62. The van der Waals surface area contributed by atoms with Crippen molar-refractivity contribution in [3.8, 4) is 11.3 Å². The van der Waals surface area contributed by atoms with E-state index in [0.717, 1.165) is 36.2 Å². The highest BCUT2D eigenvalue weighted by Gasteiger charge is 2.27. The normalized spacial score (nSPS) is 17.4. The number of carbonyl (C=O) groups excluding carboxylic acids is 1. The fourth-order valence-electron chi connectivity index (χ4n) is 3.60.